The Morgan fingerprint density at radius 3 is 2.77 bits per heavy atom. The van der Waals surface area contributed by atoms with Crippen LogP contribution in [0.4, 0.5) is 0 Å². The number of nitrogens with zero attached hydrogens (tertiary/aromatic N) is 4. The Balaban J connectivity index is 2.04. The van der Waals surface area contributed by atoms with Crippen LogP contribution < -0.4 is 5.32 Å². The number of aryl methyl sites for hydroxylation is 3. The van der Waals surface area contributed by atoms with Crippen LogP contribution in [0.5, 0.6) is 0 Å². The van der Waals surface area contributed by atoms with Gasteiger partial charge >= 0.3 is 0 Å². The average Bonchev–Trinajstić information content (AvgIpc) is 3.04. The van der Waals surface area contributed by atoms with Gasteiger partial charge in [0, 0.05) is 39.1 Å². The zero-order valence-electron chi connectivity index (χ0n) is 12.8. The number of hydrogen-bond acceptors (Lipinski definition) is 6. The molecule has 22 heavy (non-hydrogen) atoms. The summed E-state index contributed by atoms with van der Waals surface area (Å²) in [5.74, 6) is 0.745. The van der Waals surface area contributed by atoms with Crippen molar-refractivity contribution in [1.82, 2.24) is 24.2 Å². The van der Waals surface area contributed by atoms with Crippen LogP contribution in [0, 0.1) is 13.8 Å². The molecule has 1 unspecified atom stereocenters. The summed E-state index contributed by atoms with van der Waals surface area (Å²) in [6, 6.07) is -0.305. The van der Waals surface area contributed by atoms with E-state index in [4.69, 9.17) is 0 Å². The zero-order valence-corrected chi connectivity index (χ0v) is 14.4. The maximum Gasteiger partial charge on any atom is 0.255 e. The molecule has 7 nitrogen and oxygen atoms in total. The number of sulfonamides is 1. The van der Waals surface area contributed by atoms with Crippen molar-refractivity contribution in [3.8, 4) is 0 Å². The maximum atomic E-state index is 13.1. The van der Waals surface area contributed by atoms with Crippen LogP contribution in [-0.4, -0.2) is 46.9 Å². The van der Waals surface area contributed by atoms with Crippen molar-refractivity contribution >= 4 is 21.4 Å². The number of imidazole rings is 1. The Labute approximate surface area is 134 Å². The molecule has 0 saturated carbocycles. The second-order valence-electron chi connectivity index (χ2n) is 5.34. The molecule has 3 heterocycles. The summed E-state index contributed by atoms with van der Waals surface area (Å²) >= 11 is 1.23. The average molecular weight is 341 g/mol. The zero-order chi connectivity index (χ0) is 15.9. The highest BCUT2D eigenvalue weighted by Crippen LogP contribution is 2.32. The highest BCUT2D eigenvalue weighted by Gasteiger charge is 2.38. The number of aromatic nitrogens is 3. The van der Waals surface area contributed by atoms with Crippen LogP contribution in [0.25, 0.3) is 0 Å². The summed E-state index contributed by atoms with van der Waals surface area (Å²) in [5.41, 5.74) is 0.569. The monoisotopic (exact) mass is 341 g/mol. The van der Waals surface area contributed by atoms with Crippen molar-refractivity contribution in [2.75, 3.05) is 19.6 Å². The molecule has 0 radical (unpaired) electrons. The van der Waals surface area contributed by atoms with Gasteiger partial charge in [0.1, 0.15) is 5.82 Å². The third-order valence-electron chi connectivity index (χ3n) is 3.75. The normalized spacial score (nSPS) is 20.4. The van der Waals surface area contributed by atoms with Crippen molar-refractivity contribution in [3.63, 3.8) is 0 Å². The molecular formula is C13H19N5O2S2. The van der Waals surface area contributed by atoms with Gasteiger partial charge in [-0.05, 0) is 13.8 Å². The number of piperazine rings is 1. The van der Waals surface area contributed by atoms with Crippen molar-refractivity contribution in [2.24, 2.45) is 7.05 Å². The smallest absolute Gasteiger partial charge is 0.255 e. The van der Waals surface area contributed by atoms with Gasteiger partial charge in [0.05, 0.1) is 16.7 Å². The minimum absolute atomic E-state index is 0.305. The lowest BCUT2D eigenvalue weighted by Crippen LogP contribution is -2.49. The standard InChI is InChI=1S/C13H19N5O2S2/c1-9-13(21-10(2)16-9)22(19,20)18-7-4-14-8-11(18)12-15-5-6-17(12)3/h5-6,11,14H,4,7-8H2,1-3H3. The quantitative estimate of drug-likeness (QED) is 0.894. The summed E-state index contributed by atoms with van der Waals surface area (Å²) in [4.78, 5) is 8.58. The first kappa shape index (κ1) is 15.6. The third-order valence-corrected chi connectivity index (χ3v) is 7.32. The van der Waals surface area contributed by atoms with E-state index in [1.54, 1.807) is 17.4 Å². The summed E-state index contributed by atoms with van der Waals surface area (Å²) in [5, 5.41) is 4.02. The van der Waals surface area contributed by atoms with Gasteiger partial charge in [0.25, 0.3) is 10.0 Å². The molecule has 0 aromatic carbocycles. The Morgan fingerprint density at radius 1 is 1.41 bits per heavy atom. The molecule has 1 N–H and O–H groups in total. The van der Waals surface area contributed by atoms with Gasteiger partial charge in [-0.1, -0.05) is 0 Å². The molecule has 1 atom stereocenters. The van der Waals surface area contributed by atoms with Gasteiger partial charge in [-0.3, -0.25) is 0 Å². The van der Waals surface area contributed by atoms with E-state index in [0.29, 0.717) is 29.5 Å². The van der Waals surface area contributed by atoms with E-state index in [2.05, 4.69) is 15.3 Å². The van der Waals surface area contributed by atoms with Crippen molar-refractivity contribution < 1.29 is 8.42 Å². The van der Waals surface area contributed by atoms with E-state index in [1.165, 1.54) is 11.3 Å². The highest BCUT2D eigenvalue weighted by molar-refractivity contribution is 7.91. The van der Waals surface area contributed by atoms with Crippen LogP contribution in [0.1, 0.15) is 22.6 Å². The van der Waals surface area contributed by atoms with E-state index in [0.717, 1.165) is 10.8 Å². The molecule has 2 aromatic rings. The first-order chi connectivity index (χ1) is 10.4. The predicted molar refractivity (Wildman–Crippen MR) is 84.3 cm³/mol. The van der Waals surface area contributed by atoms with E-state index in [9.17, 15) is 8.42 Å². The van der Waals surface area contributed by atoms with Crippen molar-refractivity contribution in [1.29, 1.82) is 0 Å². The lowest BCUT2D eigenvalue weighted by Gasteiger charge is -2.34. The molecule has 0 aliphatic carbocycles. The molecule has 1 aliphatic heterocycles. The van der Waals surface area contributed by atoms with Crippen LogP contribution >= 0.6 is 11.3 Å². The summed E-state index contributed by atoms with van der Waals surface area (Å²) in [6.45, 7) is 5.19. The molecule has 2 aromatic heterocycles. The van der Waals surface area contributed by atoms with Crippen molar-refractivity contribution in [2.45, 2.75) is 24.1 Å². The fourth-order valence-electron chi connectivity index (χ4n) is 2.75. The van der Waals surface area contributed by atoms with E-state index in [1.807, 2.05) is 24.7 Å². The lowest BCUT2D eigenvalue weighted by atomic mass is 10.2. The SMILES string of the molecule is Cc1nc(C)c(S(=O)(=O)N2CCNCC2c2nccn2C)s1. The van der Waals surface area contributed by atoms with Gasteiger partial charge < -0.3 is 9.88 Å². The molecule has 0 amide bonds. The first-order valence-electron chi connectivity index (χ1n) is 7.05. The number of nitrogens with one attached hydrogen (secondary N) is 1. The molecule has 3 rings (SSSR count). The summed E-state index contributed by atoms with van der Waals surface area (Å²) in [7, 11) is -1.69. The fourth-order valence-corrected chi connectivity index (χ4v) is 5.93. The topological polar surface area (TPSA) is 80.1 Å². The largest absolute Gasteiger partial charge is 0.337 e. The number of thiazole rings is 1. The highest BCUT2D eigenvalue weighted by atomic mass is 32.2. The minimum Gasteiger partial charge on any atom is -0.337 e. The summed E-state index contributed by atoms with van der Waals surface area (Å²) < 4.78 is 29.9. The van der Waals surface area contributed by atoms with Gasteiger partial charge in [0.2, 0.25) is 0 Å². The Hall–Kier alpha value is -1.29. The molecule has 120 valence electrons. The van der Waals surface area contributed by atoms with Crippen LogP contribution in [-0.2, 0) is 17.1 Å². The molecular weight excluding hydrogens is 322 g/mol. The molecule has 9 heteroatoms. The van der Waals surface area contributed by atoms with Crippen molar-refractivity contribution in [3.05, 3.63) is 28.9 Å². The predicted octanol–water partition coefficient (Wildman–Crippen LogP) is 0.829. The second-order valence-corrected chi connectivity index (χ2v) is 8.63. The molecule has 0 bridgehead atoms. The summed E-state index contributed by atoms with van der Waals surface area (Å²) in [6.07, 6.45) is 3.52. The lowest BCUT2D eigenvalue weighted by molar-refractivity contribution is 0.258. The van der Waals surface area contributed by atoms with E-state index < -0.39 is 10.0 Å². The molecule has 1 aliphatic rings. The van der Waals surface area contributed by atoms with Crippen LogP contribution in [0.2, 0.25) is 0 Å². The van der Waals surface area contributed by atoms with Gasteiger partial charge in [0.15, 0.2) is 4.21 Å². The number of hydrogen-bond donors (Lipinski definition) is 1. The van der Waals surface area contributed by atoms with Crippen LogP contribution in [0.15, 0.2) is 16.6 Å². The van der Waals surface area contributed by atoms with Crippen LogP contribution in [0.3, 0.4) is 0 Å². The fraction of sp³-hybridized carbons (Fsp3) is 0.538. The Kier molecular flexibility index (Phi) is 4.06. The van der Waals surface area contributed by atoms with Gasteiger partial charge in [-0.25, -0.2) is 18.4 Å². The second kappa shape index (κ2) is 5.73. The Morgan fingerprint density at radius 2 is 2.18 bits per heavy atom. The van der Waals surface area contributed by atoms with E-state index in [-0.39, 0.29) is 6.04 Å². The first-order valence-corrected chi connectivity index (χ1v) is 9.30. The van der Waals surface area contributed by atoms with E-state index >= 15 is 0 Å². The Bertz CT molecular complexity index is 780. The van der Waals surface area contributed by atoms with Gasteiger partial charge in [-0.2, -0.15) is 4.31 Å². The third kappa shape index (κ3) is 2.58. The molecule has 0 spiro atoms. The molecule has 1 saturated heterocycles. The minimum atomic E-state index is -3.57. The number of rotatable bonds is 3. The maximum absolute atomic E-state index is 13.1. The molecule has 1 fully saturated rings. The van der Waals surface area contributed by atoms with Gasteiger partial charge in [-0.15, -0.1) is 11.3 Å².